The average Bonchev–Trinajstić information content (AvgIpc) is 2.55. The molecule has 0 aromatic heterocycles. The van der Waals surface area contributed by atoms with Crippen LogP contribution in [0.4, 0.5) is 5.69 Å². The molecule has 114 valence electrons. The number of halogens is 1. The molecule has 2 aromatic rings. The van der Waals surface area contributed by atoms with E-state index in [1.165, 1.54) is 0 Å². The summed E-state index contributed by atoms with van der Waals surface area (Å²) in [5.74, 6) is 0.531. The van der Waals surface area contributed by atoms with Crippen LogP contribution in [0.2, 0.25) is 5.02 Å². The van der Waals surface area contributed by atoms with Crippen LogP contribution < -0.4 is 15.5 Å². The van der Waals surface area contributed by atoms with Crippen molar-refractivity contribution in [3.8, 4) is 5.75 Å². The van der Waals surface area contributed by atoms with E-state index in [4.69, 9.17) is 16.3 Å². The number of rotatable bonds is 6. The van der Waals surface area contributed by atoms with E-state index in [-0.39, 0.29) is 12.5 Å². The molecule has 6 heteroatoms. The highest BCUT2D eigenvalue weighted by molar-refractivity contribution is 6.30. The van der Waals surface area contributed by atoms with Gasteiger partial charge in [0.15, 0.2) is 0 Å². The van der Waals surface area contributed by atoms with E-state index in [0.29, 0.717) is 5.02 Å². The van der Waals surface area contributed by atoms with Crippen molar-refractivity contribution in [2.24, 2.45) is 5.10 Å². The molecule has 0 spiro atoms. The normalized spacial score (nSPS) is 10.5. The predicted octanol–water partition coefficient (Wildman–Crippen LogP) is 2.91. The van der Waals surface area contributed by atoms with Crippen LogP contribution in [-0.2, 0) is 4.79 Å². The zero-order chi connectivity index (χ0) is 15.8. The van der Waals surface area contributed by atoms with Crippen molar-refractivity contribution in [1.29, 1.82) is 0 Å². The van der Waals surface area contributed by atoms with Crippen molar-refractivity contribution in [3.63, 3.8) is 0 Å². The largest absolute Gasteiger partial charge is 0.497 e. The second-order valence-electron chi connectivity index (χ2n) is 4.43. The quantitative estimate of drug-likeness (QED) is 0.636. The Balaban J connectivity index is 1.76. The number of amides is 1. The zero-order valence-corrected chi connectivity index (χ0v) is 12.8. The van der Waals surface area contributed by atoms with Crippen LogP contribution in [-0.4, -0.2) is 25.8 Å². The number of hydrazone groups is 1. The van der Waals surface area contributed by atoms with E-state index in [2.05, 4.69) is 15.8 Å². The van der Waals surface area contributed by atoms with Crippen LogP contribution in [0.1, 0.15) is 5.56 Å². The Morgan fingerprint density at radius 2 is 1.86 bits per heavy atom. The van der Waals surface area contributed by atoms with E-state index >= 15 is 0 Å². The molecule has 22 heavy (non-hydrogen) atoms. The lowest BCUT2D eigenvalue weighted by Gasteiger charge is -2.06. The van der Waals surface area contributed by atoms with Crippen LogP contribution in [0.5, 0.6) is 5.75 Å². The summed E-state index contributed by atoms with van der Waals surface area (Å²) in [6.07, 6.45) is 1.56. The van der Waals surface area contributed by atoms with Crippen molar-refractivity contribution in [3.05, 3.63) is 59.1 Å². The SMILES string of the molecule is COc1ccc(NCC(=O)N/N=C/c2ccc(Cl)cc2)cc1. The van der Waals surface area contributed by atoms with Crippen LogP contribution in [0, 0.1) is 0 Å². The summed E-state index contributed by atoms with van der Waals surface area (Å²) in [5, 5.41) is 7.53. The van der Waals surface area contributed by atoms with Gasteiger partial charge in [0.05, 0.1) is 19.9 Å². The minimum atomic E-state index is -0.235. The Morgan fingerprint density at radius 1 is 1.18 bits per heavy atom. The van der Waals surface area contributed by atoms with E-state index in [0.717, 1.165) is 17.0 Å². The maximum Gasteiger partial charge on any atom is 0.259 e. The third-order valence-electron chi connectivity index (χ3n) is 2.82. The van der Waals surface area contributed by atoms with Crippen molar-refractivity contribution in [2.45, 2.75) is 0 Å². The van der Waals surface area contributed by atoms with Gasteiger partial charge in [-0.15, -0.1) is 0 Å². The molecular formula is C16H16ClN3O2. The fraction of sp³-hybridized carbons (Fsp3) is 0.125. The van der Waals surface area contributed by atoms with Gasteiger partial charge in [0, 0.05) is 10.7 Å². The monoisotopic (exact) mass is 317 g/mol. The molecular weight excluding hydrogens is 302 g/mol. The highest BCUT2D eigenvalue weighted by Crippen LogP contribution is 2.14. The number of anilines is 1. The smallest absolute Gasteiger partial charge is 0.259 e. The maximum atomic E-state index is 11.7. The molecule has 0 saturated heterocycles. The van der Waals surface area contributed by atoms with Gasteiger partial charge >= 0.3 is 0 Å². The maximum absolute atomic E-state index is 11.7. The van der Waals surface area contributed by atoms with Gasteiger partial charge in [-0.25, -0.2) is 5.43 Å². The Morgan fingerprint density at radius 3 is 2.50 bits per heavy atom. The summed E-state index contributed by atoms with van der Waals surface area (Å²) in [5.41, 5.74) is 4.13. The van der Waals surface area contributed by atoms with Gasteiger partial charge in [0.25, 0.3) is 5.91 Å². The minimum Gasteiger partial charge on any atom is -0.497 e. The third kappa shape index (κ3) is 5.10. The number of nitrogens with one attached hydrogen (secondary N) is 2. The van der Waals surface area contributed by atoms with Gasteiger partial charge in [-0.3, -0.25) is 4.79 Å². The standard InChI is InChI=1S/C16H16ClN3O2/c1-22-15-8-6-14(7-9-15)18-11-16(21)20-19-10-12-2-4-13(17)5-3-12/h2-10,18H,11H2,1H3,(H,20,21)/b19-10+. The van der Waals surface area contributed by atoms with Crippen LogP contribution >= 0.6 is 11.6 Å². The molecule has 0 fully saturated rings. The van der Waals surface area contributed by atoms with Gasteiger partial charge in [0.1, 0.15) is 5.75 Å². The lowest BCUT2D eigenvalue weighted by atomic mass is 10.2. The first-order chi connectivity index (χ1) is 10.7. The van der Waals surface area contributed by atoms with Crippen molar-refractivity contribution in [1.82, 2.24) is 5.43 Å². The van der Waals surface area contributed by atoms with E-state index in [1.54, 1.807) is 25.5 Å². The zero-order valence-electron chi connectivity index (χ0n) is 12.0. The Hall–Kier alpha value is -2.53. The van der Waals surface area contributed by atoms with Crippen molar-refractivity contribution in [2.75, 3.05) is 19.0 Å². The summed E-state index contributed by atoms with van der Waals surface area (Å²) in [6.45, 7) is 0.129. The number of carbonyl (C=O) groups is 1. The molecule has 0 atom stereocenters. The van der Waals surface area contributed by atoms with Gasteiger partial charge < -0.3 is 10.1 Å². The molecule has 5 nitrogen and oxygen atoms in total. The van der Waals surface area contributed by atoms with E-state index in [1.807, 2.05) is 36.4 Å². The predicted molar refractivity (Wildman–Crippen MR) is 88.7 cm³/mol. The fourth-order valence-electron chi connectivity index (χ4n) is 1.66. The molecule has 0 heterocycles. The van der Waals surface area contributed by atoms with Gasteiger partial charge in [-0.2, -0.15) is 5.10 Å². The van der Waals surface area contributed by atoms with E-state index in [9.17, 15) is 4.79 Å². The summed E-state index contributed by atoms with van der Waals surface area (Å²) in [4.78, 5) is 11.7. The molecule has 0 aliphatic heterocycles. The number of hydrogen-bond acceptors (Lipinski definition) is 4. The molecule has 0 aliphatic carbocycles. The first-order valence-electron chi connectivity index (χ1n) is 6.63. The Labute approximate surface area is 133 Å². The first-order valence-corrected chi connectivity index (χ1v) is 7.00. The number of hydrogen-bond donors (Lipinski definition) is 2. The number of benzene rings is 2. The molecule has 0 radical (unpaired) electrons. The molecule has 1 amide bonds. The van der Waals surface area contributed by atoms with Gasteiger partial charge in [-0.1, -0.05) is 23.7 Å². The molecule has 0 aliphatic rings. The van der Waals surface area contributed by atoms with Crippen LogP contribution in [0.25, 0.3) is 0 Å². The number of methoxy groups -OCH3 is 1. The lowest BCUT2D eigenvalue weighted by molar-refractivity contribution is -0.119. The molecule has 2 rings (SSSR count). The summed E-state index contributed by atoms with van der Waals surface area (Å²) < 4.78 is 5.06. The molecule has 2 aromatic carbocycles. The summed E-state index contributed by atoms with van der Waals surface area (Å²) >= 11 is 5.78. The number of nitrogens with zero attached hydrogens (tertiary/aromatic N) is 1. The summed E-state index contributed by atoms with van der Waals surface area (Å²) in [7, 11) is 1.61. The van der Waals surface area contributed by atoms with Crippen LogP contribution in [0.3, 0.4) is 0 Å². The molecule has 0 saturated carbocycles. The fourth-order valence-corrected chi connectivity index (χ4v) is 1.78. The molecule has 0 bridgehead atoms. The van der Waals surface area contributed by atoms with Crippen molar-refractivity contribution >= 4 is 29.4 Å². The van der Waals surface area contributed by atoms with Crippen molar-refractivity contribution < 1.29 is 9.53 Å². The van der Waals surface area contributed by atoms with Gasteiger partial charge in [0.2, 0.25) is 0 Å². The lowest BCUT2D eigenvalue weighted by Crippen LogP contribution is -2.25. The Bertz CT molecular complexity index is 639. The first kappa shape index (κ1) is 15.9. The second kappa shape index (κ2) is 8.05. The highest BCUT2D eigenvalue weighted by Gasteiger charge is 1.99. The average molecular weight is 318 g/mol. The van der Waals surface area contributed by atoms with E-state index < -0.39 is 0 Å². The molecule has 2 N–H and O–H groups in total. The minimum absolute atomic E-state index is 0.129. The second-order valence-corrected chi connectivity index (χ2v) is 4.86. The third-order valence-corrected chi connectivity index (χ3v) is 3.07. The number of ether oxygens (including phenoxy) is 1. The number of carbonyl (C=O) groups excluding carboxylic acids is 1. The van der Waals surface area contributed by atoms with Gasteiger partial charge in [-0.05, 0) is 42.0 Å². The Kier molecular flexibility index (Phi) is 5.80. The highest BCUT2D eigenvalue weighted by atomic mass is 35.5. The summed E-state index contributed by atoms with van der Waals surface area (Å²) in [6, 6.07) is 14.5. The van der Waals surface area contributed by atoms with Crippen LogP contribution in [0.15, 0.2) is 53.6 Å². The topological polar surface area (TPSA) is 62.7 Å². The molecule has 0 unspecified atom stereocenters.